The van der Waals surface area contributed by atoms with Crippen molar-refractivity contribution < 1.29 is 24.5 Å². The topological polar surface area (TPSA) is 34.3 Å². The molecule has 1 N–H and O–H groups in total. The molecule has 28 heavy (non-hydrogen) atoms. The summed E-state index contributed by atoms with van der Waals surface area (Å²) in [5.41, 5.74) is 4.62. The molecule has 0 saturated heterocycles. The van der Waals surface area contributed by atoms with Gasteiger partial charge in [-0.15, -0.1) is 12.1 Å². The normalized spacial score (nSPS) is 12.1. The van der Waals surface area contributed by atoms with Gasteiger partial charge in [-0.3, -0.25) is 0 Å². The molecule has 152 valence electrons. The van der Waals surface area contributed by atoms with Gasteiger partial charge >= 0.3 is 28.7 Å². The summed E-state index contributed by atoms with van der Waals surface area (Å²) in [6.45, 7) is 17.8. The zero-order valence-corrected chi connectivity index (χ0v) is 21.7. The van der Waals surface area contributed by atoms with Crippen molar-refractivity contribution in [2.24, 2.45) is 0 Å². The van der Waals surface area contributed by atoms with Crippen LogP contribution in [-0.4, -0.2) is 10.6 Å². The van der Waals surface area contributed by atoms with Crippen molar-refractivity contribution in [1.29, 1.82) is 0 Å². The first-order valence-corrected chi connectivity index (χ1v) is 12.6. The van der Waals surface area contributed by atoms with Gasteiger partial charge in [-0.05, 0) is 41.8 Å². The molecule has 2 nitrogen and oxygen atoms in total. The molecule has 0 aromatic heterocycles. The summed E-state index contributed by atoms with van der Waals surface area (Å²) in [5, 5.41) is 18.1. The van der Waals surface area contributed by atoms with E-state index in [-0.39, 0.29) is 11.0 Å². The molecule has 0 amide bonds. The Morgan fingerprint density at radius 2 is 1.64 bits per heavy atom. The van der Waals surface area contributed by atoms with Gasteiger partial charge in [0.25, 0.3) is 0 Å². The van der Waals surface area contributed by atoms with E-state index in [1.807, 2.05) is 0 Å². The van der Waals surface area contributed by atoms with Gasteiger partial charge in [0, 0.05) is 10.9 Å². The van der Waals surface area contributed by atoms with Crippen LogP contribution in [0.25, 0.3) is 5.32 Å². The van der Waals surface area contributed by atoms with Crippen LogP contribution in [0.15, 0.2) is 30.3 Å². The van der Waals surface area contributed by atoms with Crippen LogP contribution in [0, 0.1) is 13.8 Å². The number of halogens is 1. The summed E-state index contributed by atoms with van der Waals surface area (Å²) in [6.07, 6.45) is 0. The van der Waals surface area contributed by atoms with Crippen molar-refractivity contribution >= 4 is 28.5 Å². The van der Waals surface area contributed by atoms with E-state index >= 15 is 0 Å². The van der Waals surface area contributed by atoms with Crippen molar-refractivity contribution in [3.05, 3.63) is 57.9 Å². The van der Waals surface area contributed by atoms with Crippen LogP contribution >= 0.6 is 17.9 Å². The summed E-state index contributed by atoms with van der Waals surface area (Å²) >= 11 is 1.47. The summed E-state index contributed by atoms with van der Waals surface area (Å²) in [7, 11) is 5.07. The van der Waals surface area contributed by atoms with Crippen molar-refractivity contribution in [2.45, 2.75) is 72.9 Å². The van der Waals surface area contributed by atoms with Crippen LogP contribution in [0.1, 0.15) is 63.8 Å². The molecule has 1 atom stereocenters. The van der Waals surface area contributed by atoms with Gasteiger partial charge in [0.15, 0.2) is 0 Å². The van der Waals surface area contributed by atoms with Crippen LogP contribution in [0.4, 0.5) is 0 Å². The van der Waals surface area contributed by atoms with Crippen LogP contribution in [0.5, 0.6) is 5.75 Å². The number of phenols is 1. The quantitative estimate of drug-likeness (QED) is 0.428. The number of hydrogen-bond acceptors (Lipinski definition) is 1. The maximum atomic E-state index is 10.9. The third kappa shape index (κ3) is 7.47. The molecule has 1 unspecified atom stereocenters. The van der Waals surface area contributed by atoms with E-state index in [2.05, 4.69) is 95.0 Å². The van der Waals surface area contributed by atoms with Crippen molar-refractivity contribution in [3.8, 4) is 5.75 Å². The van der Waals surface area contributed by atoms with Crippen LogP contribution in [0.3, 0.4) is 0 Å². The molecule has 0 radical (unpaired) electrons. The van der Waals surface area contributed by atoms with E-state index in [1.54, 1.807) is 0 Å². The molecule has 0 bridgehead atoms. The summed E-state index contributed by atoms with van der Waals surface area (Å²) in [5.74, 6) is 0.448. The van der Waals surface area contributed by atoms with E-state index < -0.39 is 0 Å². The Morgan fingerprint density at radius 3 is 2.18 bits per heavy atom. The Labute approximate surface area is 188 Å². The van der Waals surface area contributed by atoms with Crippen LogP contribution < -0.4 is 10.6 Å². The predicted octanol–water partition coefficient (Wildman–Crippen LogP) is 6.30. The fraction of sp³-hybridized carbons (Fsp3) is 0.478. The third-order valence-electron chi connectivity index (χ3n) is 4.40. The second-order valence-electron chi connectivity index (χ2n) is 9.18. The molecule has 2 rings (SSSR count). The predicted molar refractivity (Wildman–Crippen MR) is 123 cm³/mol. The molecule has 2 aromatic rings. The van der Waals surface area contributed by atoms with Gasteiger partial charge in [-0.1, -0.05) is 80.0 Å². The van der Waals surface area contributed by atoms with Gasteiger partial charge in [0.05, 0.1) is 0 Å². The number of aryl methyl sites for hydroxylation is 2. The average Bonchev–Trinajstić information content (AvgIpc) is 2.58. The van der Waals surface area contributed by atoms with Crippen molar-refractivity contribution in [1.82, 2.24) is 0 Å². The van der Waals surface area contributed by atoms with E-state index in [0.29, 0.717) is 20.9 Å². The fourth-order valence-electron chi connectivity index (χ4n) is 2.94. The van der Waals surface area contributed by atoms with E-state index in [0.717, 1.165) is 10.9 Å². The molecule has 2 aromatic carbocycles. The van der Waals surface area contributed by atoms with Crippen molar-refractivity contribution in [3.63, 3.8) is 0 Å². The number of phenolic OH excluding ortho intramolecular Hbond substituents is 1. The first kappa shape index (κ1) is 25.7. The molecular formula is C23H33ClNOPTi. The van der Waals surface area contributed by atoms with Gasteiger partial charge in [-0.25, -0.2) is 0 Å². The first-order chi connectivity index (χ1) is 12.9. The Hall–Kier alpha value is -0.366. The number of rotatable bonds is 4. The van der Waals surface area contributed by atoms with E-state index in [1.165, 1.54) is 41.4 Å². The number of benzene rings is 2. The second-order valence-corrected chi connectivity index (χ2v) is 10.5. The molecular weight excluding hydrogens is 421 g/mol. The molecule has 0 heterocycles. The van der Waals surface area contributed by atoms with Crippen molar-refractivity contribution in [2.75, 3.05) is 0 Å². The minimum atomic E-state index is -0.0779. The van der Waals surface area contributed by atoms with Gasteiger partial charge in [0.1, 0.15) is 5.75 Å². The summed E-state index contributed by atoms with van der Waals surface area (Å²) < 4.78 is 0. The molecule has 5 heteroatoms. The standard InChI is InChI=1S/C23H33NOP.ClH.Ti/c1-15-12-18(22(3,4)5)20(25)19(13-15)26-21-16(2)10-9-11-17(21)14-24-23(6,7)8;;/h9-13,25-26H,14H2,1-8H3;1H;/q-1;;+2/p-1. The first-order valence-electron chi connectivity index (χ1n) is 9.45. The number of hydrogen-bond donors (Lipinski definition) is 1. The zero-order chi connectivity index (χ0) is 21.7. The number of nitrogens with zero attached hydrogens (tertiary/aromatic N) is 1. The zero-order valence-electron chi connectivity index (χ0n) is 18.4. The number of aromatic hydroxyl groups is 1. The fourth-order valence-corrected chi connectivity index (χ4v) is 4.37. The molecule has 0 spiro atoms. The minimum absolute atomic E-state index is 0.0466. The molecule has 0 aliphatic carbocycles. The molecule has 0 aliphatic rings. The Bertz CT molecular complexity index is 794. The Kier molecular flexibility index (Phi) is 9.72. The average molecular weight is 454 g/mol. The van der Waals surface area contributed by atoms with Crippen LogP contribution in [-0.2, 0) is 31.3 Å². The summed E-state index contributed by atoms with van der Waals surface area (Å²) in [4.78, 5) is 0. The monoisotopic (exact) mass is 453 g/mol. The third-order valence-corrected chi connectivity index (χ3v) is 6.02. The SMILES string of the molecule is Cc1cc(Pc2c(C)cccc2C[N-]C(C)(C)C)c(O)c(C(C)(C)C)c1.[Cl][Ti+]. The Balaban J connectivity index is 0.00000190. The molecule has 0 fully saturated rings. The summed E-state index contributed by atoms with van der Waals surface area (Å²) in [6, 6.07) is 10.7. The Morgan fingerprint density at radius 1 is 1.04 bits per heavy atom. The van der Waals surface area contributed by atoms with Gasteiger partial charge in [-0.2, -0.15) is 0 Å². The second kappa shape index (κ2) is 10.6. The van der Waals surface area contributed by atoms with Gasteiger partial charge < -0.3 is 10.4 Å². The molecule has 0 aliphatic heterocycles. The van der Waals surface area contributed by atoms with E-state index in [9.17, 15) is 5.11 Å². The molecule has 0 saturated carbocycles. The maximum absolute atomic E-state index is 10.9. The van der Waals surface area contributed by atoms with E-state index in [4.69, 9.17) is 5.32 Å². The van der Waals surface area contributed by atoms with Gasteiger partial charge in [0.2, 0.25) is 0 Å². The van der Waals surface area contributed by atoms with Crippen LogP contribution in [0.2, 0.25) is 0 Å².